The molecule has 1 atom stereocenters. The molecule has 2 aromatic carbocycles. The molecule has 5 nitrogen and oxygen atoms in total. The molecule has 2 rings (SSSR count). The zero-order valence-electron chi connectivity index (χ0n) is 14.2. The van der Waals surface area contributed by atoms with Crippen molar-refractivity contribution >= 4 is 11.8 Å². The Morgan fingerprint density at radius 2 is 1.80 bits per heavy atom. The summed E-state index contributed by atoms with van der Waals surface area (Å²) in [5, 5.41) is 8.97. The largest absolute Gasteiger partial charge is 0.481 e. The van der Waals surface area contributed by atoms with Gasteiger partial charge < -0.3 is 9.47 Å². The molecule has 2 aromatic rings. The van der Waals surface area contributed by atoms with Crippen molar-refractivity contribution in [1.29, 1.82) is 5.26 Å². The van der Waals surface area contributed by atoms with Gasteiger partial charge >= 0.3 is 5.97 Å². The fraction of sp³-hybridized carbons (Fsp3) is 0.250. The number of hydrogen-bond acceptors (Lipinski definition) is 5. The number of esters is 1. The van der Waals surface area contributed by atoms with Gasteiger partial charge in [0.25, 0.3) is 0 Å². The molecule has 0 amide bonds. The molecule has 1 unspecified atom stereocenters. The number of carbonyl (C=O) groups excluding carboxylic acids is 2. The summed E-state index contributed by atoms with van der Waals surface area (Å²) in [5.41, 5.74) is 1.95. The molecule has 25 heavy (non-hydrogen) atoms. The minimum Gasteiger partial charge on any atom is -0.481 e. The smallest absolute Gasteiger partial charge is 0.344 e. The first-order valence-corrected chi connectivity index (χ1v) is 7.99. The molecule has 0 fully saturated rings. The molecule has 0 aromatic heterocycles. The first kappa shape index (κ1) is 18.2. The number of rotatable bonds is 7. The number of nitrogens with zero attached hydrogens (tertiary/aromatic N) is 1. The van der Waals surface area contributed by atoms with Gasteiger partial charge in [-0.05, 0) is 31.0 Å². The average Bonchev–Trinajstić information content (AvgIpc) is 2.66. The first-order valence-electron chi connectivity index (χ1n) is 7.99. The van der Waals surface area contributed by atoms with Crippen molar-refractivity contribution in [2.45, 2.75) is 26.4 Å². The van der Waals surface area contributed by atoms with E-state index in [-0.39, 0.29) is 12.4 Å². The van der Waals surface area contributed by atoms with Gasteiger partial charge in [-0.2, -0.15) is 5.26 Å². The lowest BCUT2D eigenvalue weighted by Crippen LogP contribution is -2.27. The second-order valence-electron chi connectivity index (χ2n) is 5.44. The molecule has 0 bridgehead atoms. The van der Waals surface area contributed by atoms with Crippen molar-refractivity contribution in [2.75, 3.05) is 6.61 Å². The monoisotopic (exact) mass is 337 g/mol. The quantitative estimate of drug-likeness (QED) is 0.572. The van der Waals surface area contributed by atoms with Crippen LogP contribution in [-0.4, -0.2) is 24.5 Å². The summed E-state index contributed by atoms with van der Waals surface area (Å²) in [5.74, 6) is -0.636. The summed E-state index contributed by atoms with van der Waals surface area (Å²) < 4.78 is 10.4. The van der Waals surface area contributed by atoms with E-state index < -0.39 is 12.1 Å². The van der Waals surface area contributed by atoms with Gasteiger partial charge in [0.05, 0.1) is 5.56 Å². The van der Waals surface area contributed by atoms with Gasteiger partial charge in [-0.15, -0.1) is 0 Å². The summed E-state index contributed by atoms with van der Waals surface area (Å²) in [4.78, 5) is 24.2. The Labute approximate surface area is 146 Å². The van der Waals surface area contributed by atoms with Gasteiger partial charge in [-0.25, -0.2) is 4.79 Å². The molecule has 0 heterocycles. The number of ketones is 1. The number of aryl methyl sites for hydroxylation is 1. The van der Waals surface area contributed by atoms with Crippen molar-refractivity contribution in [3.05, 3.63) is 65.2 Å². The molecule has 0 spiro atoms. The highest BCUT2D eigenvalue weighted by Gasteiger charge is 2.20. The SMILES string of the molecule is CCc1ccc(C(=O)C(C)OC(=O)COc2ccccc2C#N)cc1. The van der Waals surface area contributed by atoms with Crippen LogP contribution in [0.2, 0.25) is 0 Å². The minimum absolute atomic E-state index is 0.270. The van der Waals surface area contributed by atoms with E-state index in [0.717, 1.165) is 12.0 Å². The topological polar surface area (TPSA) is 76.4 Å². The van der Waals surface area contributed by atoms with Crippen LogP contribution in [-0.2, 0) is 16.0 Å². The lowest BCUT2D eigenvalue weighted by Gasteiger charge is -2.13. The predicted molar refractivity (Wildman–Crippen MR) is 92.4 cm³/mol. The molecule has 0 N–H and O–H groups in total. The summed E-state index contributed by atoms with van der Waals surface area (Å²) in [6, 6.07) is 15.8. The van der Waals surface area contributed by atoms with Crippen molar-refractivity contribution in [1.82, 2.24) is 0 Å². The van der Waals surface area contributed by atoms with Crippen LogP contribution in [0.5, 0.6) is 5.75 Å². The summed E-state index contributed by atoms with van der Waals surface area (Å²) in [7, 11) is 0. The average molecular weight is 337 g/mol. The first-order chi connectivity index (χ1) is 12.0. The van der Waals surface area contributed by atoms with Gasteiger partial charge in [0, 0.05) is 5.56 Å². The molecular formula is C20H19NO4. The van der Waals surface area contributed by atoms with Crippen molar-refractivity contribution in [3.8, 4) is 11.8 Å². The Hall–Kier alpha value is -3.13. The van der Waals surface area contributed by atoms with Crippen LogP contribution in [0.15, 0.2) is 48.5 Å². The van der Waals surface area contributed by atoms with Gasteiger partial charge in [0.1, 0.15) is 11.8 Å². The van der Waals surface area contributed by atoms with Crippen LogP contribution in [0.1, 0.15) is 35.3 Å². The number of nitriles is 1. The fourth-order valence-electron chi connectivity index (χ4n) is 2.25. The summed E-state index contributed by atoms with van der Waals surface area (Å²) >= 11 is 0. The highest BCUT2D eigenvalue weighted by atomic mass is 16.6. The highest BCUT2D eigenvalue weighted by Crippen LogP contribution is 2.16. The van der Waals surface area contributed by atoms with Crippen LogP contribution >= 0.6 is 0 Å². The van der Waals surface area contributed by atoms with Crippen LogP contribution in [0.25, 0.3) is 0 Å². The summed E-state index contributed by atoms with van der Waals surface area (Å²) in [6.45, 7) is 3.19. The number of hydrogen-bond donors (Lipinski definition) is 0. The highest BCUT2D eigenvalue weighted by molar-refractivity contribution is 6.00. The van der Waals surface area contributed by atoms with E-state index in [2.05, 4.69) is 0 Å². The molecule has 0 aliphatic heterocycles. The Bertz CT molecular complexity index is 790. The number of ether oxygens (including phenoxy) is 2. The van der Waals surface area contributed by atoms with E-state index >= 15 is 0 Å². The van der Waals surface area contributed by atoms with Gasteiger partial charge in [-0.3, -0.25) is 4.79 Å². The fourth-order valence-corrected chi connectivity index (χ4v) is 2.25. The van der Waals surface area contributed by atoms with Crippen LogP contribution < -0.4 is 4.74 Å². The Morgan fingerprint density at radius 3 is 2.44 bits per heavy atom. The normalized spacial score (nSPS) is 11.2. The van der Waals surface area contributed by atoms with Crippen LogP contribution in [0.3, 0.4) is 0 Å². The lowest BCUT2D eigenvalue weighted by molar-refractivity contribution is -0.148. The maximum atomic E-state index is 12.3. The van der Waals surface area contributed by atoms with Crippen LogP contribution in [0.4, 0.5) is 0 Å². The Balaban J connectivity index is 1.90. The third-order valence-electron chi connectivity index (χ3n) is 3.68. The standard InChI is InChI=1S/C20H19NO4/c1-3-15-8-10-16(11-9-15)20(23)14(2)25-19(22)13-24-18-7-5-4-6-17(18)12-21/h4-11,14H,3,13H2,1-2H3. The van der Waals surface area contributed by atoms with Gasteiger partial charge in [0.15, 0.2) is 12.7 Å². The van der Waals surface area contributed by atoms with E-state index in [9.17, 15) is 9.59 Å². The van der Waals surface area contributed by atoms with E-state index in [4.69, 9.17) is 14.7 Å². The molecule has 0 aliphatic carbocycles. The lowest BCUT2D eigenvalue weighted by atomic mass is 10.0. The number of carbonyl (C=O) groups is 2. The molecule has 0 saturated carbocycles. The zero-order chi connectivity index (χ0) is 18.2. The van der Waals surface area contributed by atoms with Crippen molar-refractivity contribution in [3.63, 3.8) is 0 Å². The molecule has 0 radical (unpaired) electrons. The molecule has 128 valence electrons. The number of Topliss-reactive ketones (excluding diaryl/α,β-unsaturated/α-hetero) is 1. The Kier molecular flexibility index (Phi) is 6.30. The second-order valence-corrected chi connectivity index (χ2v) is 5.44. The zero-order valence-corrected chi connectivity index (χ0v) is 14.2. The number of benzene rings is 2. The predicted octanol–water partition coefficient (Wildman–Crippen LogP) is 3.31. The Morgan fingerprint density at radius 1 is 1.12 bits per heavy atom. The van der Waals surface area contributed by atoms with E-state index in [1.165, 1.54) is 6.92 Å². The van der Waals surface area contributed by atoms with Crippen molar-refractivity contribution < 1.29 is 19.1 Å². The van der Waals surface area contributed by atoms with E-state index in [0.29, 0.717) is 16.9 Å². The second kappa shape index (κ2) is 8.65. The minimum atomic E-state index is -0.908. The third-order valence-corrected chi connectivity index (χ3v) is 3.68. The van der Waals surface area contributed by atoms with E-state index in [1.54, 1.807) is 36.4 Å². The number of para-hydroxylation sites is 1. The van der Waals surface area contributed by atoms with Crippen LogP contribution in [0, 0.1) is 11.3 Å². The van der Waals surface area contributed by atoms with Gasteiger partial charge in [-0.1, -0.05) is 43.3 Å². The van der Waals surface area contributed by atoms with Crippen molar-refractivity contribution in [2.24, 2.45) is 0 Å². The maximum absolute atomic E-state index is 12.3. The third kappa shape index (κ3) is 4.92. The molecule has 0 saturated heterocycles. The maximum Gasteiger partial charge on any atom is 0.344 e. The molecule has 5 heteroatoms. The van der Waals surface area contributed by atoms with Gasteiger partial charge in [0.2, 0.25) is 5.78 Å². The summed E-state index contributed by atoms with van der Waals surface area (Å²) in [6.07, 6.45) is -0.0182. The molecular weight excluding hydrogens is 318 g/mol. The molecule has 0 aliphatic rings. The van der Waals surface area contributed by atoms with E-state index in [1.807, 2.05) is 25.1 Å².